The number of carbonyl (C=O) groups is 1. The molecule has 2 nitrogen and oxygen atoms in total. The second-order valence-electron chi connectivity index (χ2n) is 0.349. The normalized spacial score (nSPS) is 7.60. The van der Waals surface area contributed by atoms with Gasteiger partial charge in [0.05, 0.1) is 0 Å². The van der Waals surface area contributed by atoms with Gasteiger partial charge in [0.15, 0.2) is 0 Å². The molecule has 0 amide bonds. The summed E-state index contributed by atoms with van der Waals surface area (Å²) >= 11 is 2.96. The fourth-order valence-electron chi connectivity index (χ4n) is 0. The van der Waals surface area contributed by atoms with E-state index in [1.54, 1.807) is 0 Å². The Morgan fingerprint density at radius 2 is 2.00 bits per heavy atom. The van der Waals surface area contributed by atoms with Crippen molar-refractivity contribution < 1.29 is 9.35 Å². The summed E-state index contributed by atoms with van der Waals surface area (Å²) < 4.78 is 8.43. The molecule has 0 aromatic carbocycles. The van der Waals surface area contributed by atoms with E-state index in [2.05, 4.69) is 12.6 Å². The molecule has 5 heavy (non-hydrogen) atoms. The van der Waals surface area contributed by atoms with Gasteiger partial charge in [-0.25, -0.2) is 0 Å². The third-order valence-electron chi connectivity index (χ3n) is 0.0713. The first kappa shape index (κ1) is 5.33. The van der Waals surface area contributed by atoms with Crippen molar-refractivity contribution in [2.75, 3.05) is 0 Å². The number of thiol groups is 1. The Bertz CT molecular complexity index is 42.9. The lowest BCUT2D eigenvalue weighted by Crippen LogP contribution is -1.60. The summed E-state index contributed by atoms with van der Waals surface area (Å²) in [5, 5.41) is 0. The van der Waals surface area contributed by atoms with Gasteiger partial charge in [-0.15, -0.1) is 4.55 Å². The molecule has 0 saturated carbocycles. The quantitative estimate of drug-likeness (QED) is 0.374. The molecule has 4 heteroatoms. The van der Waals surface area contributed by atoms with Crippen LogP contribution in [0.15, 0.2) is 0 Å². The van der Waals surface area contributed by atoms with Crippen LogP contribution in [0.1, 0.15) is 0 Å². The van der Waals surface area contributed by atoms with Crippen molar-refractivity contribution in [3.63, 3.8) is 0 Å². The van der Waals surface area contributed by atoms with Crippen molar-refractivity contribution in [3.8, 4) is 0 Å². The van der Waals surface area contributed by atoms with E-state index < -0.39 is 4.45 Å². The zero-order chi connectivity index (χ0) is 4.28. The first-order valence-electron chi connectivity index (χ1n) is 0.799. The van der Waals surface area contributed by atoms with E-state index in [9.17, 15) is 4.79 Å². The second-order valence-corrected chi connectivity index (χ2v) is 1.60. The molecule has 0 bridgehead atoms. The molecule has 0 saturated heterocycles. The Morgan fingerprint density at radius 3 is 2.00 bits per heavy atom. The molecule has 29 valence electrons. The van der Waals surface area contributed by atoms with Crippen molar-refractivity contribution in [1.82, 2.24) is 0 Å². The van der Waals surface area contributed by atoms with Crippen LogP contribution in [0.2, 0.25) is 0 Å². The van der Waals surface area contributed by atoms with Crippen LogP contribution in [-0.4, -0.2) is 4.45 Å². The third-order valence-corrected chi connectivity index (χ3v) is 0.437. The van der Waals surface area contributed by atoms with E-state index in [0.717, 1.165) is 0 Å². The zero-order valence-electron chi connectivity index (χ0n) is 2.17. The number of hydrogen-bond acceptors (Lipinski definition) is 2. The molecule has 0 rings (SSSR count). The maximum Gasteiger partial charge on any atom is 0.272 e. The fraction of sp³-hybridized carbons (Fsp3) is 0. The van der Waals surface area contributed by atoms with E-state index >= 15 is 0 Å². The highest BCUT2D eigenvalue weighted by atomic mass is 32.2. The lowest BCUT2D eigenvalue weighted by molar-refractivity contribution is 0.275. The summed E-state index contributed by atoms with van der Waals surface area (Å²) in [7, 11) is 0. The van der Waals surface area contributed by atoms with Gasteiger partial charge in [0, 0.05) is 0 Å². The van der Waals surface area contributed by atoms with Gasteiger partial charge in [0.1, 0.15) is 12.0 Å². The lowest BCUT2D eigenvalue weighted by atomic mass is 11.8. The predicted octanol–water partition coefficient (Wildman–Crippen LogP) is 1.11. The van der Waals surface area contributed by atoms with Gasteiger partial charge >= 0.3 is 0 Å². The van der Waals surface area contributed by atoms with Gasteiger partial charge in [-0.05, 0) is 0 Å². The third kappa shape index (κ3) is 4.33. The summed E-state index contributed by atoms with van der Waals surface area (Å²) in [6.45, 7) is 0. The molecule has 0 atom stereocenters. The molecule has 0 N–H and O–H groups in total. The van der Waals surface area contributed by atoms with Crippen molar-refractivity contribution in [2.24, 2.45) is 0 Å². The minimum absolute atomic E-state index is 0.145. The van der Waals surface area contributed by atoms with Crippen molar-refractivity contribution in [1.29, 1.82) is 0 Å². The van der Waals surface area contributed by atoms with Gasteiger partial charge in [0.2, 0.25) is 0 Å². The first-order valence-corrected chi connectivity index (χ1v) is 1.99. The lowest BCUT2D eigenvalue weighted by Gasteiger charge is -1.64. The molecule has 0 spiro atoms. The largest absolute Gasteiger partial charge is 0.272 e. The minimum atomic E-state index is -0.690. The van der Waals surface area contributed by atoms with Gasteiger partial charge in [0.25, 0.3) is 4.45 Å². The van der Waals surface area contributed by atoms with E-state index in [1.807, 2.05) is 0 Å². The van der Waals surface area contributed by atoms with Crippen molar-refractivity contribution in [3.05, 3.63) is 0 Å². The monoisotopic (exact) mass is 109 g/mol. The number of rotatable bonds is 0. The van der Waals surface area contributed by atoms with E-state index in [4.69, 9.17) is 4.55 Å². The SMILES string of the molecule is [O]SC(=O)S. The molecule has 0 aliphatic rings. The summed E-state index contributed by atoms with van der Waals surface area (Å²) in [5.41, 5.74) is 0. The summed E-state index contributed by atoms with van der Waals surface area (Å²) in [5.74, 6) is 0. The Balaban J connectivity index is 2.85. The van der Waals surface area contributed by atoms with Crippen LogP contribution >= 0.6 is 24.7 Å². The highest BCUT2D eigenvalue weighted by molar-refractivity contribution is 8.29. The Morgan fingerprint density at radius 1 is 1.80 bits per heavy atom. The van der Waals surface area contributed by atoms with E-state index in [1.165, 1.54) is 0 Å². The van der Waals surface area contributed by atoms with Gasteiger partial charge in [-0.2, -0.15) is 0 Å². The van der Waals surface area contributed by atoms with Gasteiger partial charge in [-0.1, -0.05) is 12.6 Å². The molecule has 0 aliphatic heterocycles. The van der Waals surface area contributed by atoms with Crippen molar-refractivity contribution >= 4 is 29.1 Å². The Kier molecular flexibility index (Phi) is 2.73. The predicted molar refractivity (Wildman–Crippen MR) is 22.7 cm³/mol. The Hall–Kier alpha value is 0.330. The van der Waals surface area contributed by atoms with Gasteiger partial charge in [-0.3, -0.25) is 4.79 Å². The maximum absolute atomic E-state index is 9.33. The zero-order valence-corrected chi connectivity index (χ0v) is 3.88. The standard InChI is InChI=1S/CHO2S2/c2-1(4)5-3/h(H,2,4). The average molecular weight is 109 g/mol. The summed E-state index contributed by atoms with van der Waals surface area (Å²) in [6.07, 6.45) is 0. The molecular formula is CHO2S2. The molecule has 0 unspecified atom stereocenters. The summed E-state index contributed by atoms with van der Waals surface area (Å²) in [6, 6.07) is 0. The maximum atomic E-state index is 9.33. The molecule has 0 aliphatic carbocycles. The molecule has 1 radical (unpaired) electrons. The van der Waals surface area contributed by atoms with Crippen LogP contribution in [-0.2, 0) is 4.55 Å². The molecule has 0 aromatic rings. The van der Waals surface area contributed by atoms with Crippen LogP contribution in [0.4, 0.5) is 4.79 Å². The molecule has 0 heterocycles. The number of hydrogen-bond donors (Lipinski definition) is 1. The average Bonchev–Trinajstić information content (AvgIpc) is 1.38. The van der Waals surface area contributed by atoms with Crippen LogP contribution in [0.5, 0.6) is 0 Å². The Labute approximate surface area is 39.2 Å². The van der Waals surface area contributed by atoms with E-state index in [-0.39, 0.29) is 12.0 Å². The minimum Gasteiger partial charge on any atom is -0.272 e. The van der Waals surface area contributed by atoms with E-state index in [0.29, 0.717) is 0 Å². The van der Waals surface area contributed by atoms with Crippen LogP contribution in [0.3, 0.4) is 0 Å². The first-order chi connectivity index (χ1) is 2.27. The summed E-state index contributed by atoms with van der Waals surface area (Å²) in [4.78, 5) is 9.33. The second kappa shape index (κ2) is 2.56. The fourth-order valence-corrected chi connectivity index (χ4v) is 0. The van der Waals surface area contributed by atoms with Crippen molar-refractivity contribution in [2.45, 2.75) is 0 Å². The molecule has 0 aromatic heterocycles. The topological polar surface area (TPSA) is 37.0 Å². The molecular weight excluding hydrogens is 108 g/mol. The van der Waals surface area contributed by atoms with Crippen LogP contribution < -0.4 is 0 Å². The van der Waals surface area contributed by atoms with Crippen LogP contribution in [0.25, 0.3) is 0 Å². The van der Waals surface area contributed by atoms with Gasteiger partial charge < -0.3 is 0 Å². The molecule has 0 fully saturated rings. The highest BCUT2D eigenvalue weighted by Gasteiger charge is 1.85. The smallest absolute Gasteiger partial charge is 0.272 e. The highest BCUT2D eigenvalue weighted by Crippen LogP contribution is 1.98. The van der Waals surface area contributed by atoms with Crippen LogP contribution in [0, 0.1) is 0 Å². The number of carbonyl (C=O) groups excluding carboxylic acids is 1.